The van der Waals surface area contributed by atoms with Crippen LogP contribution in [0.15, 0.2) is 30.5 Å². The van der Waals surface area contributed by atoms with Crippen LogP contribution in [0.3, 0.4) is 0 Å². The Kier molecular flexibility index (Phi) is 4.13. The first-order chi connectivity index (χ1) is 12.0. The van der Waals surface area contributed by atoms with Gasteiger partial charge in [0.2, 0.25) is 0 Å². The zero-order chi connectivity index (χ0) is 17.6. The number of fused-ring (bicyclic) bond motifs is 1. The molecule has 1 aliphatic heterocycles. The number of hydrogen-bond donors (Lipinski definition) is 1. The molecule has 3 heterocycles. The zero-order valence-electron chi connectivity index (χ0n) is 14.4. The van der Waals surface area contributed by atoms with Gasteiger partial charge in [-0.2, -0.15) is 0 Å². The van der Waals surface area contributed by atoms with E-state index in [1.165, 1.54) is 0 Å². The summed E-state index contributed by atoms with van der Waals surface area (Å²) in [7, 11) is 2.16. The Morgan fingerprint density at radius 3 is 2.64 bits per heavy atom. The predicted octanol–water partition coefficient (Wildman–Crippen LogP) is 4.03. The molecular formula is C19H21ClN4O. The van der Waals surface area contributed by atoms with Gasteiger partial charge in [-0.3, -0.25) is 0 Å². The largest absolute Gasteiger partial charge is 0.507 e. The Hall–Kier alpha value is -2.11. The van der Waals surface area contributed by atoms with Crippen LogP contribution in [0.2, 0.25) is 5.02 Å². The van der Waals surface area contributed by atoms with Gasteiger partial charge in [-0.1, -0.05) is 11.6 Å². The Balaban J connectivity index is 1.73. The molecule has 1 fully saturated rings. The van der Waals surface area contributed by atoms with Gasteiger partial charge in [-0.05, 0) is 69.7 Å². The molecule has 0 aliphatic carbocycles. The number of halogens is 1. The van der Waals surface area contributed by atoms with Gasteiger partial charge in [-0.25, -0.2) is 0 Å². The van der Waals surface area contributed by atoms with Gasteiger partial charge >= 0.3 is 0 Å². The fourth-order valence-electron chi connectivity index (χ4n) is 3.70. The van der Waals surface area contributed by atoms with Gasteiger partial charge in [0.25, 0.3) is 0 Å². The lowest BCUT2D eigenvalue weighted by atomic mass is 10.0. The zero-order valence-corrected chi connectivity index (χ0v) is 15.2. The lowest BCUT2D eigenvalue weighted by molar-refractivity contribution is 0.223. The van der Waals surface area contributed by atoms with Gasteiger partial charge in [-0.15, -0.1) is 10.2 Å². The van der Waals surface area contributed by atoms with Crippen LogP contribution in [0.25, 0.3) is 22.3 Å². The molecule has 0 spiro atoms. The molecular weight excluding hydrogens is 336 g/mol. The number of likely N-dealkylation sites (tertiary alicyclic amines) is 1. The Morgan fingerprint density at radius 2 is 1.92 bits per heavy atom. The van der Waals surface area contributed by atoms with E-state index in [0.717, 1.165) is 42.5 Å². The highest BCUT2D eigenvalue weighted by Gasteiger charge is 2.20. The molecule has 0 bridgehead atoms. The lowest BCUT2D eigenvalue weighted by Crippen LogP contribution is -2.31. The minimum absolute atomic E-state index is 0.133. The van der Waals surface area contributed by atoms with Crippen LogP contribution in [-0.4, -0.2) is 44.9 Å². The molecule has 2 aromatic heterocycles. The normalized spacial score (nSPS) is 16.6. The van der Waals surface area contributed by atoms with Gasteiger partial charge in [0, 0.05) is 28.2 Å². The molecule has 0 unspecified atom stereocenters. The number of nitrogens with zero attached hydrogens (tertiary/aromatic N) is 4. The Bertz CT molecular complexity index is 905. The summed E-state index contributed by atoms with van der Waals surface area (Å²) in [5, 5.41) is 20.7. The first kappa shape index (κ1) is 16.4. The average molecular weight is 357 g/mol. The fraction of sp³-hybridized carbons (Fsp3) is 0.368. The van der Waals surface area contributed by atoms with Crippen LogP contribution in [0, 0.1) is 6.92 Å². The number of phenolic OH excluding ortho intramolecular Hbond substituents is 1. The number of piperidine rings is 1. The highest BCUT2D eigenvalue weighted by molar-refractivity contribution is 6.31. The third-order valence-electron chi connectivity index (χ3n) is 5.08. The van der Waals surface area contributed by atoms with Gasteiger partial charge in [0.05, 0.1) is 5.69 Å². The van der Waals surface area contributed by atoms with Gasteiger partial charge in [0.1, 0.15) is 5.75 Å². The highest BCUT2D eigenvalue weighted by atomic mass is 35.5. The van der Waals surface area contributed by atoms with E-state index in [4.69, 9.17) is 11.6 Å². The average Bonchev–Trinajstić information content (AvgIpc) is 2.98. The number of aromatic hydroxyl groups is 1. The molecule has 3 aromatic rings. The summed E-state index contributed by atoms with van der Waals surface area (Å²) in [6.45, 7) is 4.12. The summed E-state index contributed by atoms with van der Waals surface area (Å²) in [5.74, 6) is 0.133. The summed E-state index contributed by atoms with van der Waals surface area (Å²) in [5.41, 5.74) is 3.14. The maximum absolute atomic E-state index is 10.3. The van der Waals surface area contributed by atoms with E-state index in [0.29, 0.717) is 22.3 Å². The smallest absolute Gasteiger partial charge is 0.162 e. The molecule has 1 aliphatic rings. The molecule has 4 rings (SSSR count). The van der Waals surface area contributed by atoms with Crippen LogP contribution in [0.4, 0.5) is 0 Å². The maximum atomic E-state index is 10.3. The van der Waals surface area contributed by atoms with Crippen molar-refractivity contribution in [3.8, 4) is 17.0 Å². The van der Waals surface area contributed by atoms with Crippen molar-refractivity contribution in [3.05, 3.63) is 41.0 Å². The first-order valence-electron chi connectivity index (χ1n) is 8.55. The second kappa shape index (κ2) is 6.32. The van der Waals surface area contributed by atoms with E-state index in [-0.39, 0.29) is 5.75 Å². The first-order valence-corrected chi connectivity index (χ1v) is 8.93. The molecule has 0 radical (unpaired) electrons. The Labute approximate surface area is 151 Å². The molecule has 25 heavy (non-hydrogen) atoms. The fourth-order valence-corrected chi connectivity index (χ4v) is 3.97. The number of rotatable bonds is 2. The molecule has 1 saturated heterocycles. The minimum atomic E-state index is 0.133. The van der Waals surface area contributed by atoms with Crippen LogP contribution >= 0.6 is 11.6 Å². The number of aryl methyl sites for hydroxylation is 1. The van der Waals surface area contributed by atoms with Crippen LogP contribution in [-0.2, 0) is 0 Å². The van der Waals surface area contributed by atoms with Crippen LogP contribution in [0.1, 0.15) is 24.4 Å². The van der Waals surface area contributed by atoms with E-state index >= 15 is 0 Å². The topological polar surface area (TPSA) is 54.2 Å². The summed E-state index contributed by atoms with van der Waals surface area (Å²) >= 11 is 6.00. The molecule has 0 amide bonds. The second-order valence-corrected chi connectivity index (χ2v) is 7.32. The van der Waals surface area contributed by atoms with E-state index in [2.05, 4.69) is 39.0 Å². The second-order valence-electron chi connectivity index (χ2n) is 6.88. The van der Waals surface area contributed by atoms with E-state index < -0.39 is 0 Å². The lowest BCUT2D eigenvalue weighted by Gasteiger charge is -2.30. The summed E-state index contributed by atoms with van der Waals surface area (Å²) in [6, 6.07) is 7.91. The van der Waals surface area contributed by atoms with E-state index in [1.54, 1.807) is 6.07 Å². The third kappa shape index (κ3) is 2.98. The Morgan fingerprint density at radius 1 is 1.16 bits per heavy atom. The summed E-state index contributed by atoms with van der Waals surface area (Å²) in [4.78, 5) is 2.36. The molecule has 6 heteroatoms. The van der Waals surface area contributed by atoms with E-state index in [1.807, 2.05) is 19.1 Å². The number of phenols is 1. The van der Waals surface area contributed by atoms with Crippen molar-refractivity contribution < 1.29 is 5.11 Å². The standard InChI is InChI=1S/C19H21ClN4O/c1-12-9-14(20)11-17(25)18(12)16-10-13-3-8-24(19(13)22-21-16)15-4-6-23(2)7-5-15/h3,8-11,15,25H,4-7H2,1-2H3. The monoisotopic (exact) mass is 356 g/mol. The molecule has 130 valence electrons. The number of aromatic nitrogens is 3. The van der Waals surface area contributed by atoms with Crippen LogP contribution in [0.5, 0.6) is 5.75 Å². The van der Waals surface area contributed by atoms with Crippen molar-refractivity contribution in [2.75, 3.05) is 20.1 Å². The van der Waals surface area contributed by atoms with Crippen molar-refractivity contribution in [2.45, 2.75) is 25.8 Å². The minimum Gasteiger partial charge on any atom is -0.507 e. The maximum Gasteiger partial charge on any atom is 0.162 e. The van der Waals surface area contributed by atoms with Crippen molar-refractivity contribution in [2.24, 2.45) is 0 Å². The molecule has 5 nitrogen and oxygen atoms in total. The number of benzene rings is 1. The van der Waals surface area contributed by atoms with Gasteiger partial charge in [0.15, 0.2) is 5.65 Å². The molecule has 1 aromatic carbocycles. The number of hydrogen-bond acceptors (Lipinski definition) is 4. The van der Waals surface area contributed by atoms with Crippen molar-refractivity contribution in [3.63, 3.8) is 0 Å². The summed E-state index contributed by atoms with van der Waals surface area (Å²) < 4.78 is 2.24. The molecule has 1 N–H and O–H groups in total. The van der Waals surface area contributed by atoms with Crippen LogP contribution < -0.4 is 0 Å². The van der Waals surface area contributed by atoms with Crippen molar-refractivity contribution in [1.29, 1.82) is 0 Å². The van der Waals surface area contributed by atoms with Gasteiger partial charge < -0.3 is 14.6 Å². The summed E-state index contributed by atoms with van der Waals surface area (Å²) in [6.07, 6.45) is 4.36. The molecule has 0 atom stereocenters. The quantitative estimate of drug-likeness (QED) is 0.753. The third-order valence-corrected chi connectivity index (χ3v) is 5.30. The SMILES string of the molecule is Cc1cc(Cl)cc(O)c1-c1cc2ccn(C3CCN(C)CC3)c2nn1. The van der Waals surface area contributed by atoms with Crippen molar-refractivity contribution in [1.82, 2.24) is 19.7 Å². The van der Waals surface area contributed by atoms with E-state index in [9.17, 15) is 5.11 Å². The van der Waals surface area contributed by atoms with Crippen molar-refractivity contribution >= 4 is 22.6 Å². The predicted molar refractivity (Wildman–Crippen MR) is 100 cm³/mol. The molecule has 0 saturated carbocycles. The highest BCUT2D eigenvalue weighted by Crippen LogP contribution is 2.35.